The van der Waals surface area contributed by atoms with Crippen molar-refractivity contribution in [2.45, 2.75) is 32.7 Å². The van der Waals surface area contributed by atoms with Gasteiger partial charge in [0.15, 0.2) is 0 Å². The number of aromatic nitrogens is 2. The molecule has 2 aromatic heterocycles. The van der Waals surface area contributed by atoms with Gasteiger partial charge in [-0.05, 0) is 46.9 Å². The van der Waals surface area contributed by atoms with Crippen molar-refractivity contribution >= 4 is 17.5 Å². The van der Waals surface area contributed by atoms with Crippen LogP contribution in [-0.2, 0) is 12.0 Å². The fourth-order valence-corrected chi connectivity index (χ4v) is 2.73. The van der Waals surface area contributed by atoms with Crippen LogP contribution in [0.4, 0.5) is 5.69 Å². The Morgan fingerprint density at radius 2 is 1.48 bits per heavy atom. The Morgan fingerprint density at radius 1 is 0.862 bits per heavy atom. The maximum atomic E-state index is 12.6. The highest BCUT2D eigenvalue weighted by atomic mass is 16.2. The van der Waals surface area contributed by atoms with E-state index >= 15 is 0 Å². The van der Waals surface area contributed by atoms with Gasteiger partial charge in [0.25, 0.3) is 11.8 Å². The van der Waals surface area contributed by atoms with E-state index in [9.17, 15) is 9.59 Å². The fourth-order valence-electron chi connectivity index (χ4n) is 2.73. The molecule has 0 unspecified atom stereocenters. The molecule has 0 saturated carbocycles. The molecule has 0 aliphatic rings. The molecule has 0 aliphatic carbocycles. The third-order valence-electron chi connectivity index (χ3n) is 4.47. The topological polar surface area (TPSA) is 84.0 Å². The Labute approximate surface area is 170 Å². The average Bonchev–Trinajstić information content (AvgIpc) is 2.72. The van der Waals surface area contributed by atoms with E-state index in [1.165, 1.54) is 24.0 Å². The number of carbonyl (C=O) groups excluding carboxylic acids is 2. The van der Waals surface area contributed by atoms with E-state index in [0.717, 1.165) is 5.56 Å². The molecular formula is C23H24N4O2. The lowest BCUT2D eigenvalue weighted by Crippen LogP contribution is -2.23. The molecule has 148 valence electrons. The smallest absolute Gasteiger partial charge is 0.257 e. The van der Waals surface area contributed by atoms with E-state index in [4.69, 9.17) is 0 Å². The van der Waals surface area contributed by atoms with Gasteiger partial charge in [0.05, 0.1) is 11.1 Å². The van der Waals surface area contributed by atoms with Crippen LogP contribution < -0.4 is 10.6 Å². The lowest BCUT2D eigenvalue weighted by Gasteiger charge is -2.19. The summed E-state index contributed by atoms with van der Waals surface area (Å²) in [6.45, 7) is 6.78. The first-order valence-electron chi connectivity index (χ1n) is 9.37. The van der Waals surface area contributed by atoms with Crippen LogP contribution in [0, 0.1) is 0 Å². The van der Waals surface area contributed by atoms with E-state index in [2.05, 4.69) is 41.4 Å². The van der Waals surface area contributed by atoms with Crippen LogP contribution in [0.1, 0.15) is 52.6 Å². The second-order valence-corrected chi connectivity index (χ2v) is 7.78. The van der Waals surface area contributed by atoms with Crippen LogP contribution in [0.2, 0.25) is 0 Å². The Kier molecular flexibility index (Phi) is 6.02. The lowest BCUT2D eigenvalue weighted by molar-refractivity contribution is 0.0950. The second kappa shape index (κ2) is 8.65. The molecule has 0 saturated heterocycles. The first kappa shape index (κ1) is 20.2. The van der Waals surface area contributed by atoms with E-state index in [1.54, 1.807) is 12.4 Å². The van der Waals surface area contributed by atoms with Crippen molar-refractivity contribution in [2.75, 3.05) is 5.32 Å². The Morgan fingerprint density at radius 3 is 2.10 bits per heavy atom. The number of benzene rings is 1. The largest absolute Gasteiger partial charge is 0.348 e. The van der Waals surface area contributed by atoms with Gasteiger partial charge in [-0.3, -0.25) is 19.6 Å². The zero-order chi connectivity index (χ0) is 20.9. The van der Waals surface area contributed by atoms with Crippen molar-refractivity contribution < 1.29 is 9.59 Å². The first-order valence-corrected chi connectivity index (χ1v) is 9.37. The number of hydrogen-bond acceptors (Lipinski definition) is 4. The van der Waals surface area contributed by atoms with Crippen molar-refractivity contribution in [3.63, 3.8) is 0 Å². The third kappa shape index (κ3) is 5.48. The van der Waals surface area contributed by atoms with Crippen molar-refractivity contribution in [1.82, 2.24) is 15.3 Å². The lowest BCUT2D eigenvalue weighted by atomic mass is 9.87. The van der Waals surface area contributed by atoms with Gasteiger partial charge in [0.1, 0.15) is 0 Å². The molecule has 6 heteroatoms. The number of anilines is 1. The minimum atomic E-state index is -0.315. The maximum Gasteiger partial charge on any atom is 0.257 e. The summed E-state index contributed by atoms with van der Waals surface area (Å²) >= 11 is 0. The van der Waals surface area contributed by atoms with Crippen molar-refractivity contribution in [3.8, 4) is 0 Å². The zero-order valence-corrected chi connectivity index (χ0v) is 16.8. The number of amides is 2. The maximum absolute atomic E-state index is 12.6. The molecule has 29 heavy (non-hydrogen) atoms. The minimum absolute atomic E-state index is 0.0460. The summed E-state index contributed by atoms with van der Waals surface area (Å²) < 4.78 is 0. The molecule has 0 radical (unpaired) electrons. The van der Waals surface area contributed by atoms with Gasteiger partial charge in [0, 0.05) is 37.0 Å². The summed E-state index contributed by atoms with van der Waals surface area (Å²) in [5.74, 6) is -0.608. The molecule has 3 rings (SSSR count). The van der Waals surface area contributed by atoms with Gasteiger partial charge >= 0.3 is 0 Å². The SMILES string of the molecule is CC(C)(C)c1ccc(NC(=O)c2cncc(C(=O)NCc3ccncc3)c2)cc1. The first-order chi connectivity index (χ1) is 13.8. The predicted octanol–water partition coefficient (Wildman–Crippen LogP) is 3.96. The molecule has 0 bridgehead atoms. The van der Waals surface area contributed by atoms with Crippen LogP contribution in [0.5, 0.6) is 0 Å². The van der Waals surface area contributed by atoms with Crippen LogP contribution in [-0.4, -0.2) is 21.8 Å². The van der Waals surface area contributed by atoms with E-state index < -0.39 is 0 Å². The van der Waals surface area contributed by atoms with Crippen LogP contribution in [0.3, 0.4) is 0 Å². The molecule has 0 fully saturated rings. The molecule has 0 spiro atoms. The summed E-state index contributed by atoms with van der Waals surface area (Å²) in [7, 11) is 0. The zero-order valence-electron chi connectivity index (χ0n) is 16.8. The third-order valence-corrected chi connectivity index (χ3v) is 4.47. The number of hydrogen-bond donors (Lipinski definition) is 2. The molecule has 2 amide bonds. The van der Waals surface area contributed by atoms with Crippen LogP contribution in [0.15, 0.2) is 67.3 Å². The molecule has 0 aliphatic heterocycles. The van der Waals surface area contributed by atoms with Gasteiger partial charge in [-0.1, -0.05) is 32.9 Å². The Balaban J connectivity index is 1.65. The molecule has 2 N–H and O–H groups in total. The summed E-state index contributed by atoms with van der Waals surface area (Å²) in [6.07, 6.45) is 6.22. The van der Waals surface area contributed by atoms with Crippen molar-refractivity contribution in [2.24, 2.45) is 0 Å². The minimum Gasteiger partial charge on any atom is -0.348 e. The van der Waals surface area contributed by atoms with Crippen LogP contribution in [0.25, 0.3) is 0 Å². The molecule has 0 atom stereocenters. The number of rotatable bonds is 5. The summed E-state index contributed by atoms with van der Waals surface area (Å²) in [5, 5.41) is 5.66. The van der Waals surface area contributed by atoms with Crippen molar-refractivity contribution in [1.29, 1.82) is 0 Å². The number of pyridine rings is 2. The normalized spacial score (nSPS) is 11.0. The summed E-state index contributed by atoms with van der Waals surface area (Å²) in [5.41, 5.74) is 3.51. The molecule has 3 aromatic rings. The summed E-state index contributed by atoms with van der Waals surface area (Å²) in [6, 6.07) is 12.9. The average molecular weight is 388 g/mol. The second-order valence-electron chi connectivity index (χ2n) is 7.78. The predicted molar refractivity (Wildman–Crippen MR) is 113 cm³/mol. The Hall–Kier alpha value is -3.54. The molecule has 2 heterocycles. The van der Waals surface area contributed by atoms with Gasteiger partial charge < -0.3 is 10.6 Å². The number of carbonyl (C=O) groups is 2. The highest BCUT2D eigenvalue weighted by Crippen LogP contribution is 2.23. The fraction of sp³-hybridized carbons (Fsp3) is 0.217. The van der Waals surface area contributed by atoms with Gasteiger partial charge in [0.2, 0.25) is 0 Å². The standard InChI is InChI=1S/C23H24N4O2/c1-23(2,3)19-4-6-20(7-5-19)27-22(29)18-12-17(14-25-15-18)21(28)26-13-16-8-10-24-11-9-16/h4-12,14-15H,13H2,1-3H3,(H,26,28)(H,27,29). The molecule has 1 aromatic carbocycles. The van der Waals surface area contributed by atoms with E-state index in [1.807, 2.05) is 36.4 Å². The monoisotopic (exact) mass is 388 g/mol. The Bertz CT molecular complexity index is 993. The quantitative estimate of drug-likeness (QED) is 0.693. The van der Waals surface area contributed by atoms with Gasteiger partial charge in [-0.2, -0.15) is 0 Å². The molecule has 6 nitrogen and oxygen atoms in total. The van der Waals surface area contributed by atoms with Crippen LogP contribution >= 0.6 is 0 Å². The van der Waals surface area contributed by atoms with Gasteiger partial charge in [-0.25, -0.2) is 0 Å². The molecular weight excluding hydrogens is 364 g/mol. The highest BCUT2D eigenvalue weighted by Gasteiger charge is 2.14. The summed E-state index contributed by atoms with van der Waals surface area (Å²) in [4.78, 5) is 32.9. The number of nitrogens with one attached hydrogen (secondary N) is 2. The van der Waals surface area contributed by atoms with E-state index in [-0.39, 0.29) is 17.2 Å². The van der Waals surface area contributed by atoms with Gasteiger partial charge in [-0.15, -0.1) is 0 Å². The van der Waals surface area contributed by atoms with Crippen molar-refractivity contribution in [3.05, 3.63) is 89.5 Å². The number of nitrogens with zero attached hydrogens (tertiary/aromatic N) is 2. The van der Waals surface area contributed by atoms with E-state index in [0.29, 0.717) is 23.4 Å². The highest BCUT2D eigenvalue weighted by molar-refractivity contribution is 6.05.